The molecule has 2 fully saturated rings. The molecule has 0 aliphatic carbocycles. The molecule has 5 heteroatoms. The summed E-state index contributed by atoms with van der Waals surface area (Å²) in [7, 11) is 0. The zero-order valence-electron chi connectivity index (χ0n) is 14.4. The second-order valence-corrected chi connectivity index (χ2v) is 6.66. The fraction of sp³-hybridized carbons (Fsp3) is 0.632. The van der Waals surface area contributed by atoms with E-state index in [0.717, 1.165) is 51.1 Å². The summed E-state index contributed by atoms with van der Waals surface area (Å²) in [6.45, 7) is 5.03. The maximum absolute atomic E-state index is 12.2. The molecule has 3 rings (SSSR count). The van der Waals surface area contributed by atoms with Crippen LogP contribution < -0.4 is 4.74 Å². The van der Waals surface area contributed by atoms with Gasteiger partial charge in [-0.05, 0) is 31.9 Å². The standard InChI is InChI=1S/C19H27NO4/c1-15-4-6-16(7-5-15)24-17-8-10-20(11-9-17)19(21)14-22-13-18-3-2-12-23-18/h4-7,17-18H,2-3,8-14H2,1H3/t18-/m0/s1. The number of piperidine rings is 1. The van der Waals surface area contributed by atoms with Crippen molar-refractivity contribution < 1.29 is 19.0 Å². The van der Waals surface area contributed by atoms with Crippen molar-refractivity contribution in [2.75, 3.05) is 32.9 Å². The summed E-state index contributed by atoms with van der Waals surface area (Å²) in [5.74, 6) is 0.979. The highest BCUT2D eigenvalue weighted by Crippen LogP contribution is 2.19. The first-order valence-corrected chi connectivity index (χ1v) is 8.91. The predicted octanol–water partition coefficient (Wildman–Crippen LogP) is 2.56. The van der Waals surface area contributed by atoms with Gasteiger partial charge in [0.25, 0.3) is 0 Å². The molecule has 5 nitrogen and oxygen atoms in total. The summed E-state index contributed by atoms with van der Waals surface area (Å²) in [6.07, 6.45) is 4.22. The Hall–Kier alpha value is -1.59. The number of likely N-dealkylation sites (tertiary alicyclic amines) is 1. The lowest BCUT2D eigenvalue weighted by atomic mass is 10.1. The first-order chi connectivity index (χ1) is 11.7. The quantitative estimate of drug-likeness (QED) is 0.803. The molecule has 2 saturated heterocycles. The average molecular weight is 333 g/mol. The second kappa shape index (κ2) is 8.49. The summed E-state index contributed by atoms with van der Waals surface area (Å²) in [4.78, 5) is 14.1. The van der Waals surface area contributed by atoms with Gasteiger partial charge in [-0.1, -0.05) is 17.7 Å². The number of nitrogens with zero attached hydrogens (tertiary/aromatic N) is 1. The number of amides is 1. The molecule has 0 bridgehead atoms. The molecule has 0 unspecified atom stereocenters. The van der Waals surface area contributed by atoms with Gasteiger partial charge in [0.15, 0.2) is 0 Å². The molecule has 2 aliphatic heterocycles. The third-order valence-corrected chi connectivity index (χ3v) is 4.67. The molecule has 1 atom stereocenters. The number of ether oxygens (including phenoxy) is 3. The van der Waals surface area contributed by atoms with E-state index in [1.54, 1.807) is 0 Å². The maximum Gasteiger partial charge on any atom is 0.248 e. The Morgan fingerprint density at radius 2 is 1.96 bits per heavy atom. The first kappa shape index (κ1) is 17.2. The summed E-state index contributed by atoms with van der Waals surface area (Å²) >= 11 is 0. The third-order valence-electron chi connectivity index (χ3n) is 4.67. The van der Waals surface area contributed by atoms with Crippen molar-refractivity contribution in [3.05, 3.63) is 29.8 Å². The van der Waals surface area contributed by atoms with Crippen LogP contribution in [0.2, 0.25) is 0 Å². The largest absolute Gasteiger partial charge is 0.490 e. The Kier molecular flexibility index (Phi) is 6.10. The number of rotatable bonds is 6. The Morgan fingerprint density at radius 3 is 2.62 bits per heavy atom. The van der Waals surface area contributed by atoms with Gasteiger partial charge in [-0.15, -0.1) is 0 Å². The first-order valence-electron chi connectivity index (χ1n) is 8.91. The number of hydrogen-bond donors (Lipinski definition) is 0. The Morgan fingerprint density at radius 1 is 1.21 bits per heavy atom. The zero-order chi connectivity index (χ0) is 16.8. The molecule has 132 valence electrons. The van der Waals surface area contributed by atoms with E-state index in [2.05, 4.69) is 19.1 Å². The summed E-state index contributed by atoms with van der Waals surface area (Å²) in [5.41, 5.74) is 1.23. The van der Waals surface area contributed by atoms with E-state index in [1.807, 2.05) is 17.0 Å². The van der Waals surface area contributed by atoms with E-state index in [-0.39, 0.29) is 24.7 Å². The van der Waals surface area contributed by atoms with Crippen LogP contribution in [0.3, 0.4) is 0 Å². The predicted molar refractivity (Wildman–Crippen MR) is 91.2 cm³/mol. The van der Waals surface area contributed by atoms with Crippen molar-refractivity contribution in [2.45, 2.75) is 44.8 Å². The van der Waals surface area contributed by atoms with Gasteiger partial charge in [-0.25, -0.2) is 0 Å². The molecule has 0 aromatic heterocycles. The SMILES string of the molecule is Cc1ccc(OC2CCN(C(=O)COC[C@@H]3CCCO3)CC2)cc1. The molecule has 0 N–H and O–H groups in total. The van der Waals surface area contributed by atoms with Crippen LogP contribution in [-0.2, 0) is 14.3 Å². The minimum Gasteiger partial charge on any atom is -0.490 e. The Balaban J connectivity index is 1.34. The minimum atomic E-state index is 0.0711. The third kappa shape index (κ3) is 4.95. The van der Waals surface area contributed by atoms with Crippen LogP contribution in [0.1, 0.15) is 31.2 Å². The second-order valence-electron chi connectivity index (χ2n) is 6.66. The lowest BCUT2D eigenvalue weighted by molar-refractivity contribution is -0.139. The van der Waals surface area contributed by atoms with Crippen LogP contribution in [0.25, 0.3) is 0 Å². The van der Waals surface area contributed by atoms with Crippen molar-refractivity contribution in [1.29, 1.82) is 0 Å². The number of benzene rings is 1. The molecule has 24 heavy (non-hydrogen) atoms. The van der Waals surface area contributed by atoms with E-state index >= 15 is 0 Å². The van der Waals surface area contributed by atoms with Crippen LogP contribution in [-0.4, -0.2) is 55.9 Å². The van der Waals surface area contributed by atoms with E-state index < -0.39 is 0 Å². The van der Waals surface area contributed by atoms with Gasteiger partial charge in [-0.2, -0.15) is 0 Å². The molecule has 2 heterocycles. The molecule has 0 radical (unpaired) electrons. The molecule has 2 aliphatic rings. The van der Waals surface area contributed by atoms with Gasteiger partial charge < -0.3 is 19.1 Å². The van der Waals surface area contributed by atoms with Crippen molar-refractivity contribution in [2.24, 2.45) is 0 Å². The molecule has 1 aromatic carbocycles. The highest BCUT2D eigenvalue weighted by Gasteiger charge is 2.24. The highest BCUT2D eigenvalue weighted by atomic mass is 16.5. The minimum absolute atomic E-state index is 0.0711. The summed E-state index contributed by atoms with van der Waals surface area (Å²) < 4.78 is 17.0. The lowest BCUT2D eigenvalue weighted by Gasteiger charge is -2.32. The number of carbonyl (C=O) groups excluding carboxylic acids is 1. The van der Waals surface area contributed by atoms with E-state index in [4.69, 9.17) is 14.2 Å². The van der Waals surface area contributed by atoms with Gasteiger partial charge in [0.1, 0.15) is 18.5 Å². The monoisotopic (exact) mass is 333 g/mol. The van der Waals surface area contributed by atoms with Gasteiger partial charge in [0.2, 0.25) is 5.91 Å². The molecule has 1 amide bonds. The van der Waals surface area contributed by atoms with E-state index in [0.29, 0.717) is 6.61 Å². The van der Waals surface area contributed by atoms with Crippen molar-refractivity contribution in [1.82, 2.24) is 4.90 Å². The topological polar surface area (TPSA) is 48.0 Å². The van der Waals surface area contributed by atoms with Crippen molar-refractivity contribution >= 4 is 5.91 Å². The summed E-state index contributed by atoms with van der Waals surface area (Å²) in [6, 6.07) is 8.12. The van der Waals surface area contributed by atoms with Crippen molar-refractivity contribution in [3.8, 4) is 5.75 Å². The zero-order valence-corrected chi connectivity index (χ0v) is 14.4. The highest BCUT2D eigenvalue weighted by molar-refractivity contribution is 5.77. The molecule has 0 saturated carbocycles. The molecule has 1 aromatic rings. The van der Waals surface area contributed by atoms with Crippen LogP contribution in [0, 0.1) is 6.92 Å². The van der Waals surface area contributed by atoms with Crippen LogP contribution in [0.15, 0.2) is 24.3 Å². The fourth-order valence-corrected chi connectivity index (χ4v) is 3.18. The van der Waals surface area contributed by atoms with Crippen molar-refractivity contribution in [3.63, 3.8) is 0 Å². The smallest absolute Gasteiger partial charge is 0.248 e. The van der Waals surface area contributed by atoms with Crippen LogP contribution in [0.5, 0.6) is 5.75 Å². The number of carbonyl (C=O) groups is 1. The molecular formula is C19H27NO4. The number of aryl methyl sites for hydroxylation is 1. The van der Waals surface area contributed by atoms with Crippen LogP contribution in [0.4, 0.5) is 0 Å². The van der Waals surface area contributed by atoms with Gasteiger partial charge >= 0.3 is 0 Å². The van der Waals surface area contributed by atoms with E-state index in [1.165, 1.54) is 5.56 Å². The molecule has 0 spiro atoms. The Labute approximate surface area is 143 Å². The van der Waals surface area contributed by atoms with Gasteiger partial charge in [-0.3, -0.25) is 4.79 Å². The number of hydrogen-bond acceptors (Lipinski definition) is 4. The maximum atomic E-state index is 12.2. The molecular weight excluding hydrogens is 306 g/mol. The summed E-state index contributed by atoms with van der Waals surface area (Å²) in [5, 5.41) is 0. The van der Waals surface area contributed by atoms with Crippen LogP contribution >= 0.6 is 0 Å². The fourth-order valence-electron chi connectivity index (χ4n) is 3.18. The lowest BCUT2D eigenvalue weighted by Crippen LogP contribution is -2.43. The normalized spacial score (nSPS) is 21.9. The van der Waals surface area contributed by atoms with Gasteiger partial charge in [0.05, 0.1) is 12.7 Å². The van der Waals surface area contributed by atoms with Gasteiger partial charge in [0, 0.05) is 32.5 Å². The Bertz CT molecular complexity index is 517. The van der Waals surface area contributed by atoms with E-state index in [9.17, 15) is 4.79 Å². The average Bonchev–Trinajstić information content (AvgIpc) is 3.11.